The van der Waals surface area contributed by atoms with E-state index in [1.807, 2.05) is 0 Å². The summed E-state index contributed by atoms with van der Waals surface area (Å²) in [6.45, 7) is 1.02. The van der Waals surface area contributed by atoms with Crippen LogP contribution in [-0.4, -0.2) is 64.9 Å². The van der Waals surface area contributed by atoms with E-state index in [-0.39, 0.29) is 17.5 Å². The van der Waals surface area contributed by atoms with Gasteiger partial charge in [0.25, 0.3) is 0 Å². The fraction of sp³-hybridized carbons (Fsp3) is 0.550. The average Bonchev–Trinajstić information content (AvgIpc) is 3.17. The molecule has 1 aliphatic heterocycles. The number of halogens is 1. The monoisotopic (exact) mass is 528 g/mol. The Balaban J connectivity index is 1.55. The van der Waals surface area contributed by atoms with Gasteiger partial charge in [-0.25, -0.2) is 13.4 Å². The molecular weight excluding hydrogens is 504 g/mol. The van der Waals surface area contributed by atoms with Gasteiger partial charge in [0.05, 0.1) is 36.1 Å². The first-order valence-corrected chi connectivity index (χ1v) is 12.6. The molecule has 0 amide bonds. The number of aliphatic carboxylic acids is 1. The number of pyridine rings is 1. The zero-order valence-electron chi connectivity index (χ0n) is 17.6. The number of carbonyl (C=O) groups is 1. The summed E-state index contributed by atoms with van der Waals surface area (Å²) in [5.41, 5.74) is 1.51. The second kappa shape index (κ2) is 9.46. The maximum atomic E-state index is 13.4. The summed E-state index contributed by atoms with van der Waals surface area (Å²) in [7, 11) is -2.32. The molecule has 2 aliphatic rings. The van der Waals surface area contributed by atoms with Crippen LogP contribution in [0.15, 0.2) is 27.8 Å². The van der Waals surface area contributed by atoms with Gasteiger partial charge in [-0.3, -0.25) is 9.48 Å². The Labute approximate surface area is 194 Å². The molecule has 32 heavy (non-hydrogen) atoms. The van der Waals surface area contributed by atoms with Crippen LogP contribution in [0, 0.1) is 0 Å². The molecular formula is C20H25BrN4O6S. The summed E-state index contributed by atoms with van der Waals surface area (Å²) in [5.74, 6) is -0.633. The van der Waals surface area contributed by atoms with Crippen molar-refractivity contribution in [2.45, 2.75) is 55.7 Å². The van der Waals surface area contributed by atoms with Crippen LogP contribution in [0.5, 0.6) is 5.88 Å². The summed E-state index contributed by atoms with van der Waals surface area (Å²) in [4.78, 5) is 15.4. The van der Waals surface area contributed by atoms with E-state index in [0.29, 0.717) is 36.4 Å². The molecule has 1 atom stereocenters. The van der Waals surface area contributed by atoms with Crippen molar-refractivity contribution in [3.05, 3.63) is 34.2 Å². The van der Waals surface area contributed by atoms with Crippen molar-refractivity contribution in [2.75, 3.05) is 20.3 Å². The molecule has 2 aromatic rings. The predicted molar refractivity (Wildman–Crippen MR) is 117 cm³/mol. The quantitative estimate of drug-likeness (QED) is 0.580. The third-order valence-corrected chi connectivity index (χ3v) is 8.26. The summed E-state index contributed by atoms with van der Waals surface area (Å²) >= 11 is 3.39. The standard InChI is InChI=1S/C20H25BrN4O6S/c1-24(17-3-2-4-18-15(17)11-23-25(18)12-19(26)27)32(28,29)14-9-16(21)20(22-10-14)31-13-5-7-30-8-6-13/h9-11,13,17H,2-8,12H2,1H3,(H,26,27). The van der Waals surface area contributed by atoms with E-state index < -0.39 is 22.0 Å². The van der Waals surface area contributed by atoms with E-state index in [1.165, 1.54) is 28.3 Å². The smallest absolute Gasteiger partial charge is 0.325 e. The first-order chi connectivity index (χ1) is 15.3. The first-order valence-electron chi connectivity index (χ1n) is 10.4. The second-order valence-electron chi connectivity index (χ2n) is 7.91. The largest absolute Gasteiger partial charge is 0.480 e. The Hall–Kier alpha value is -2.02. The number of hydrogen-bond acceptors (Lipinski definition) is 7. The van der Waals surface area contributed by atoms with E-state index in [1.54, 1.807) is 6.20 Å². The van der Waals surface area contributed by atoms with Crippen LogP contribution in [-0.2, 0) is 32.5 Å². The van der Waals surface area contributed by atoms with Gasteiger partial charge in [-0.2, -0.15) is 9.40 Å². The average molecular weight is 529 g/mol. The molecule has 0 aromatic carbocycles. The Bertz CT molecular complexity index is 1100. The molecule has 1 fully saturated rings. The summed E-state index contributed by atoms with van der Waals surface area (Å²) in [6.07, 6.45) is 6.42. The van der Waals surface area contributed by atoms with Gasteiger partial charge in [0.1, 0.15) is 17.5 Å². The highest BCUT2D eigenvalue weighted by atomic mass is 79.9. The van der Waals surface area contributed by atoms with Gasteiger partial charge in [0.15, 0.2) is 0 Å². The van der Waals surface area contributed by atoms with Gasteiger partial charge in [-0.15, -0.1) is 0 Å². The minimum absolute atomic E-state index is 0.0133. The van der Waals surface area contributed by atoms with Crippen molar-refractivity contribution in [1.82, 2.24) is 19.1 Å². The number of rotatable bonds is 7. The molecule has 0 saturated carbocycles. The van der Waals surface area contributed by atoms with Crippen LogP contribution in [0.2, 0.25) is 0 Å². The summed E-state index contributed by atoms with van der Waals surface area (Å²) in [6, 6.07) is 1.08. The molecule has 1 unspecified atom stereocenters. The molecule has 1 aliphatic carbocycles. The summed E-state index contributed by atoms with van der Waals surface area (Å²) in [5, 5.41) is 13.3. The van der Waals surface area contributed by atoms with Crippen LogP contribution >= 0.6 is 15.9 Å². The zero-order valence-corrected chi connectivity index (χ0v) is 20.0. The zero-order chi connectivity index (χ0) is 22.9. The fourth-order valence-electron chi connectivity index (χ4n) is 4.16. The third-order valence-electron chi connectivity index (χ3n) is 5.86. The van der Waals surface area contributed by atoms with Crippen LogP contribution < -0.4 is 4.74 Å². The number of fused-ring (bicyclic) bond motifs is 1. The lowest BCUT2D eigenvalue weighted by Gasteiger charge is -2.31. The number of hydrogen-bond donors (Lipinski definition) is 1. The first kappa shape index (κ1) is 23.1. The molecule has 4 rings (SSSR count). The molecule has 174 valence electrons. The normalized spacial score (nSPS) is 19.7. The Morgan fingerprint density at radius 1 is 1.34 bits per heavy atom. The highest BCUT2D eigenvalue weighted by Gasteiger charge is 2.35. The number of sulfonamides is 1. The molecule has 12 heteroatoms. The second-order valence-corrected chi connectivity index (χ2v) is 10.8. The topological polar surface area (TPSA) is 124 Å². The van der Waals surface area contributed by atoms with E-state index >= 15 is 0 Å². The molecule has 0 radical (unpaired) electrons. The van der Waals surface area contributed by atoms with E-state index in [9.17, 15) is 13.2 Å². The highest BCUT2D eigenvalue weighted by Crippen LogP contribution is 2.37. The van der Waals surface area contributed by atoms with Gasteiger partial charge in [0.2, 0.25) is 15.9 Å². The third kappa shape index (κ3) is 4.68. The van der Waals surface area contributed by atoms with Gasteiger partial charge in [0, 0.05) is 31.1 Å². The highest BCUT2D eigenvalue weighted by molar-refractivity contribution is 9.10. The van der Waals surface area contributed by atoms with Gasteiger partial charge in [-0.1, -0.05) is 0 Å². The van der Waals surface area contributed by atoms with E-state index in [4.69, 9.17) is 14.6 Å². The molecule has 10 nitrogen and oxygen atoms in total. The SMILES string of the molecule is CN(C1CCCc2c1cnn2CC(=O)O)S(=O)(=O)c1cnc(OC2CCOCC2)c(Br)c1. The minimum Gasteiger partial charge on any atom is -0.480 e. The number of carboxylic acid groups (broad SMARTS) is 1. The maximum absolute atomic E-state index is 13.4. The van der Waals surface area contributed by atoms with Crippen molar-refractivity contribution >= 4 is 31.9 Å². The van der Waals surface area contributed by atoms with Crippen molar-refractivity contribution in [3.8, 4) is 5.88 Å². The van der Waals surface area contributed by atoms with Gasteiger partial charge in [-0.05, 0) is 41.3 Å². The van der Waals surface area contributed by atoms with E-state index in [0.717, 1.165) is 30.5 Å². The number of nitrogens with zero attached hydrogens (tertiary/aromatic N) is 4. The van der Waals surface area contributed by atoms with Crippen molar-refractivity contribution < 1.29 is 27.8 Å². The van der Waals surface area contributed by atoms with Gasteiger partial charge >= 0.3 is 5.97 Å². The maximum Gasteiger partial charge on any atom is 0.325 e. The fourth-order valence-corrected chi connectivity index (χ4v) is 6.09. The molecule has 1 N–H and O–H groups in total. The molecule has 0 bridgehead atoms. The van der Waals surface area contributed by atoms with Crippen molar-refractivity contribution in [3.63, 3.8) is 0 Å². The van der Waals surface area contributed by atoms with Crippen molar-refractivity contribution in [1.29, 1.82) is 0 Å². The van der Waals surface area contributed by atoms with Crippen molar-refractivity contribution in [2.24, 2.45) is 0 Å². The summed E-state index contributed by atoms with van der Waals surface area (Å²) < 4.78 is 41.2. The Morgan fingerprint density at radius 3 is 2.78 bits per heavy atom. The number of carboxylic acids is 1. The predicted octanol–water partition coefficient (Wildman–Crippen LogP) is 2.38. The Morgan fingerprint density at radius 2 is 2.09 bits per heavy atom. The van der Waals surface area contributed by atoms with Crippen LogP contribution in [0.1, 0.15) is 43.0 Å². The molecule has 1 saturated heterocycles. The number of aromatic nitrogens is 3. The van der Waals surface area contributed by atoms with Crippen LogP contribution in [0.25, 0.3) is 0 Å². The minimum atomic E-state index is -3.86. The molecule has 0 spiro atoms. The molecule has 3 heterocycles. The lowest BCUT2D eigenvalue weighted by molar-refractivity contribution is -0.137. The molecule has 2 aromatic heterocycles. The van der Waals surface area contributed by atoms with E-state index in [2.05, 4.69) is 26.0 Å². The van der Waals surface area contributed by atoms with Crippen LogP contribution in [0.4, 0.5) is 0 Å². The lowest BCUT2D eigenvalue weighted by atomic mass is 9.93. The van der Waals surface area contributed by atoms with Crippen LogP contribution in [0.3, 0.4) is 0 Å². The lowest BCUT2D eigenvalue weighted by Crippen LogP contribution is -2.33. The number of ether oxygens (including phenoxy) is 2. The Kier molecular flexibility index (Phi) is 6.84. The van der Waals surface area contributed by atoms with Gasteiger partial charge < -0.3 is 14.6 Å².